The fraction of sp³-hybridized carbons (Fsp3) is 0.375. The van der Waals surface area contributed by atoms with E-state index in [1.54, 1.807) is 39.9 Å². The van der Waals surface area contributed by atoms with Crippen molar-refractivity contribution in [3.63, 3.8) is 0 Å². The Bertz CT molecular complexity index is 1220. The van der Waals surface area contributed by atoms with Gasteiger partial charge in [0.1, 0.15) is 0 Å². The van der Waals surface area contributed by atoms with Gasteiger partial charge in [-0.25, -0.2) is 4.79 Å². The van der Waals surface area contributed by atoms with Crippen LogP contribution in [0.1, 0.15) is 26.2 Å². The summed E-state index contributed by atoms with van der Waals surface area (Å²) in [5.74, 6) is 0.283. The lowest BCUT2D eigenvalue weighted by Gasteiger charge is -2.17. The first-order valence-electron chi connectivity index (χ1n) is 10.9. The van der Waals surface area contributed by atoms with Crippen molar-refractivity contribution in [3.05, 3.63) is 52.9 Å². The predicted octanol–water partition coefficient (Wildman–Crippen LogP) is 3.76. The monoisotopic (exact) mass is 452 g/mol. The summed E-state index contributed by atoms with van der Waals surface area (Å²) in [6.45, 7) is 2.50. The van der Waals surface area contributed by atoms with Crippen LogP contribution in [0.3, 0.4) is 0 Å². The van der Waals surface area contributed by atoms with E-state index >= 15 is 0 Å². The number of thioether (sulfide) groups is 1. The summed E-state index contributed by atoms with van der Waals surface area (Å²) < 4.78 is 3.21. The SMILES string of the molecule is CCCCSc1cc2c(cc1NC(=O)[C@@H]1CC(=O)N(c3ccccc3)C1)n(C)c(=O)n2C. The summed E-state index contributed by atoms with van der Waals surface area (Å²) in [5.41, 5.74) is 2.99. The fourth-order valence-corrected chi connectivity index (χ4v) is 5.16. The number of rotatable bonds is 7. The van der Waals surface area contributed by atoms with E-state index in [0.29, 0.717) is 12.2 Å². The molecule has 0 unspecified atom stereocenters. The van der Waals surface area contributed by atoms with E-state index in [0.717, 1.165) is 40.2 Å². The number of fused-ring (bicyclic) bond motifs is 1. The first-order chi connectivity index (χ1) is 15.4. The molecule has 168 valence electrons. The Kier molecular flexibility index (Phi) is 6.41. The molecule has 4 rings (SSSR count). The zero-order valence-electron chi connectivity index (χ0n) is 18.6. The first-order valence-corrected chi connectivity index (χ1v) is 11.9. The van der Waals surface area contributed by atoms with Gasteiger partial charge >= 0.3 is 5.69 Å². The topological polar surface area (TPSA) is 76.3 Å². The van der Waals surface area contributed by atoms with Gasteiger partial charge in [0.2, 0.25) is 11.8 Å². The summed E-state index contributed by atoms with van der Waals surface area (Å²) in [6, 6.07) is 13.3. The lowest BCUT2D eigenvalue weighted by atomic mass is 10.1. The van der Waals surface area contributed by atoms with E-state index in [4.69, 9.17) is 0 Å². The summed E-state index contributed by atoms with van der Waals surface area (Å²) >= 11 is 1.68. The molecule has 1 atom stereocenters. The molecule has 8 heteroatoms. The van der Waals surface area contributed by atoms with Crippen LogP contribution in [0.2, 0.25) is 0 Å². The number of anilines is 2. The van der Waals surface area contributed by atoms with Gasteiger partial charge in [0.25, 0.3) is 0 Å². The minimum Gasteiger partial charge on any atom is -0.325 e. The number of nitrogens with zero attached hydrogens (tertiary/aromatic N) is 3. The molecule has 0 radical (unpaired) electrons. The van der Waals surface area contributed by atoms with Crippen LogP contribution in [0, 0.1) is 5.92 Å². The number of hydrogen-bond acceptors (Lipinski definition) is 4. The maximum atomic E-state index is 13.1. The molecule has 0 aliphatic carbocycles. The van der Waals surface area contributed by atoms with Crippen LogP contribution in [0.15, 0.2) is 52.2 Å². The molecule has 2 aromatic carbocycles. The number of para-hydroxylation sites is 1. The summed E-state index contributed by atoms with van der Waals surface area (Å²) in [7, 11) is 3.49. The standard InChI is InChI=1S/C24H28N4O3S/c1-4-5-11-32-21-14-20-19(26(2)24(31)27(20)3)13-18(21)25-23(30)16-12-22(29)28(15-16)17-9-7-6-8-10-17/h6-10,13-14,16H,4-5,11-12,15H2,1-3H3,(H,25,30)/t16-/m1/s1. The number of aromatic nitrogens is 2. The number of imidazole rings is 1. The van der Waals surface area contributed by atoms with Crippen LogP contribution in [0.4, 0.5) is 11.4 Å². The van der Waals surface area contributed by atoms with Crippen LogP contribution in [0.5, 0.6) is 0 Å². The molecule has 1 aliphatic rings. The average molecular weight is 453 g/mol. The number of carbonyl (C=O) groups is 2. The molecular weight excluding hydrogens is 424 g/mol. The molecule has 32 heavy (non-hydrogen) atoms. The van der Waals surface area contributed by atoms with Crippen molar-refractivity contribution in [1.29, 1.82) is 0 Å². The Hall–Kier alpha value is -3.00. The molecule has 2 amide bonds. The molecule has 1 aromatic heterocycles. The Balaban J connectivity index is 1.60. The van der Waals surface area contributed by atoms with Gasteiger partial charge < -0.3 is 10.2 Å². The van der Waals surface area contributed by atoms with Gasteiger partial charge in [-0.2, -0.15) is 0 Å². The Morgan fingerprint density at radius 2 is 1.78 bits per heavy atom. The van der Waals surface area contributed by atoms with E-state index in [2.05, 4.69) is 12.2 Å². The van der Waals surface area contributed by atoms with Gasteiger partial charge in [-0.1, -0.05) is 31.5 Å². The normalized spacial score (nSPS) is 16.2. The Morgan fingerprint density at radius 1 is 1.09 bits per heavy atom. The number of nitrogens with one attached hydrogen (secondary N) is 1. The summed E-state index contributed by atoms with van der Waals surface area (Å²) in [6.07, 6.45) is 2.33. The molecule has 2 heterocycles. The molecule has 3 aromatic rings. The van der Waals surface area contributed by atoms with Crippen LogP contribution in [-0.2, 0) is 23.7 Å². The zero-order chi connectivity index (χ0) is 22.8. The van der Waals surface area contributed by atoms with Gasteiger partial charge in [-0.05, 0) is 36.4 Å². The van der Waals surface area contributed by atoms with Crippen molar-refractivity contribution < 1.29 is 9.59 Å². The van der Waals surface area contributed by atoms with E-state index in [1.165, 1.54) is 0 Å². The molecule has 1 fully saturated rings. The van der Waals surface area contributed by atoms with Gasteiger partial charge in [-0.15, -0.1) is 11.8 Å². The third-order valence-corrected chi connectivity index (χ3v) is 7.09. The highest BCUT2D eigenvalue weighted by Gasteiger charge is 2.35. The second-order valence-electron chi connectivity index (χ2n) is 8.17. The molecule has 1 aliphatic heterocycles. The van der Waals surface area contributed by atoms with Crippen molar-refractivity contribution in [3.8, 4) is 0 Å². The third-order valence-electron chi connectivity index (χ3n) is 5.95. The third kappa shape index (κ3) is 4.19. The van der Waals surface area contributed by atoms with Crippen LogP contribution in [-0.4, -0.2) is 33.2 Å². The lowest BCUT2D eigenvalue weighted by molar-refractivity contribution is -0.122. The zero-order valence-corrected chi connectivity index (χ0v) is 19.4. The van der Waals surface area contributed by atoms with Gasteiger partial charge in [0.05, 0.1) is 22.6 Å². The molecular formula is C24H28N4O3S. The number of carbonyl (C=O) groups excluding carboxylic acids is 2. The molecule has 1 saturated heterocycles. The van der Waals surface area contributed by atoms with Crippen LogP contribution in [0.25, 0.3) is 11.0 Å². The summed E-state index contributed by atoms with van der Waals surface area (Å²) in [5, 5.41) is 3.06. The second kappa shape index (κ2) is 9.24. The minimum atomic E-state index is -0.425. The molecule has 1 N–H and O–H groups in total. The fourth-order valence-electron chi connectivity index (χ4n) is 4.05. The van der Waals surface area contributed by atoms with Crippen molar-refractivity contribution >= 4 is 46.0 Å². The van der Waals surface area contributed by atoms with Crippen molar-refractivity contribution in [2.24, 2.45) is 20.0 Å². The molecule has 0 saturated carbocycles. The highest BCUT2D eigenvalue weighted by atomic mass is 32.2. The number of aryl methyl sites for hydroxylation is 2. The Labute approximate surface area is 191 Å². The number of benzene rings is 2. The predicted molar refractivity (Wildman–Crippen MR) is 129 cm³/mol. The summed E-state index contributed by atoms with van der Waals surface area (Å²) in [4.78, 5) is 40.7. The second-order valence-corrected chi connectivity index (χ2v) is 9.31. The van der Waals surface area contributed by atoms with Crippen molar-refractivity contribution in [1.82, 2.24) is 9.13 Å². The largest absolute Gasteiger partial charge is 0.328 e. The van der Waals surface area contributed by atoms with Crippen molar-refractivity contribution in [2.75, 3.05) is 22.5 Å². The van der Waals surface area contributed by atoms with Gasteiger partial charge in [-0.3, -0.25) is 18.7 Å². The van der Waals surface area contributed by atoms with E-state index in [1.807, 2.05) is 42.5 Å². The van der Waals surface area contributed by atoms with E-state index < -0.39 is 5.92 Å². The molecule has 0 spiro atoms. The van der Waals surface area contributed by atoms with E-state index in [-0.39, 0.29) is 23.9 Å². The maximum Gasteiger partial charge on any atom is 0.328 e. The molecule has 7 nitrogen and oxygen atoms in total. The maximum absolute atomic E-state index is 13.1. The van der Waals surface area contributed by atoms with Crippen LogP contribution < -0.4 is 15.9 Å². The lowest BCUT2D eigenvalue weighted by Crippen LogP contribution is -2.28. The average Bonchev–Trinajstić information content (AvgIpc) is 3.28. The minimum absolute atomic E-state index is 0.0465. The number of hydrogen-bond donors (Lipinski definition) is 1. The van der Waals surface area contributed by atoms with Gasteiger partial charge in [0, 0.05) is 37.6 Å². The van der Waals surface area contributed by atoms with Gasteiger partial charge in [0.15, 0.2) is 0 Å². The highest BCUT2D eigenvalue weighted by Crippen LogP contribution is 2.33. The van der Waals surface area contributed by atoms with E-state index in [9.17, 15) is 14.4 Å². The smallest absolute Gasteiger partial charge is 0.325 e. The first kappa shape index (κ1) is 22.2. The van der Waals surface area contributed by atoms with Crippen LogP contribution >= 0.6 is 11.8 Å². The Morgan fingerprint density at radius 3 is 2.47 bits per heavy atom. The number of unbranched alkanes of at least 4 members (excludes halogenated alkanes) is 1. The van der Waals surface area contributed by atoms with Crippen molar-refractivity contribution in [2.45, 2.75) is 31.1 Å². The highest BCUT2D eigenvalue weighted by molar-refractivity contribution is 7.99. The number of amides is 2. The molecule has 0 bridgehead atoms. The quantitative estimate of drug-likeness (QED) is 0.437.